The lowest BCUT2D eigenvalue weighted by Crippen LogP contribution is -2.47. The van der Waals surface area contributed by atoms with Crippen molar-refractivity contribution in [3.63, 3.8) is 0 Å². The molecule has 1 aliphatic heterocycles. The number of methoxy groups -OCH3 is 3. The maximum absolute atomic E-state index is 13.0. The molecule has 1 aromatic carbocycles. The van der Waals surface area contributed by atoms with Crippen LogP contribution in [0.4, 0.5) is 9.59 Å². The van der Waals surface area contributed by atoms with E-state index in [-0.39, 0.29) is 29.6 Å². The Morgan fingerprint density at radius 1 is 1.05 bits per heavy atom. The highest BCUT2D eigenvalue weighted by molar-refractivity contribution is 5.75. The molecule has 43 heavy (non-hydrogen) atoms. The van der Waals surface area contributed by atoms with Crippen LogP contribution < -0.4 is 14.8 Å². The number of benzene rings is 1. The molecule has 1 unspecified atom stereocenters. The topological polar surface area (TPSA) is 128 Å². The Morgan fingerprint density at radius 3 is 2.28 bits per heavy atom. The maximum atomic E-state index is 13.0. The third-order valence-corrected chi connectivity index (χ3v) is 7.44. The predicted molar refractivity (Wildman–Crippen MR) is 160 cm³/mol. The van der Waals surface area contributed by atoms with E-state index in [4.69, 9.17) is 33.2 Å². The maximum Gasteiger partial charge on any atom is 0.508 e. The summed E-state index contributed by atoms with van der Waals surface area (Å²) in [6.07, 6.45) is -1.40. The lowest BCUT2D eigenvalue weighted by atomic mass is 9.79. The van der Waals surface area contributed by atoms with Crippen molar-refractivity contribution < 1.29 is 47.5 Å². The molecular weight excluding hydrogens is 558 g/mol. The van der Waals surface area contributed by atoms with Gasteiger partial charge in [-0.3, -0.25) is 4.79 Å². The summed E-state index contributed by atoms with van der Waals surface area (Å²) < 4.78 is 38.8. The lowest BCUT2D eigenvalue weighted by Gasteiger charge is -2.35. The van der Waals surface area contributed by atoms with Crippen LogP contribution in [0.15, 0.2) is 18.2 Å². The number of rotatable bonds is 15. The molecule has 1 amide bonds. The number of nitrogens with one attached hydrogen (secondary N) is 1. The Labute approximate surface area is 256 Å². The Bertz CT molecular complexity index is 1050. The van der Waals surface area contributed by atoms with Crippen molar-refractivity contribution >= 4 is 18.2 Å². The van der Waals surface area contributed by atoms with E-state index in [1.54, 1.807) is 47.1 Å². The normalized spacial score (nSPS) is 18.9. The highest BCUT2D eigenvalue weighted by Crippen LogP contribution is 2.41. The molecule has 0 aromatic heterocycles. The van der Waals surface area contributed by atoms with Gasteiger partial charge in [-0.25, -0.2) is 9.59 Å². The number of esters is 1. The Balaban J connectivity index is 2.50. The smallest absolute Gasteiger partial charge is 0.493 e. The molecule has 0 saturated carbocycles. The molecule has 0 spiro atoms. The summed E-state index contributed by atoms with van der Waals surface area (Å²) in [5, 5.41) is 2.96. The number of amides is 1. The number of carbonyl (C=O) groups excluding carboxylic acids is 3. The van der Waals surface area contributed by atoms with Gasteiger partial charge in [0.25, 0.3) is 0 Å². The van der Waals surface area contributed by atoms with E-state index in [1.165, 1.54) is 7.11 Å². The molecule has 244 valence electrons. The van der Waals surface area contributed by atoms with Crippen LogP contribution in [0.2, 0.25) is 0 Å². The first kappa shape index (κ1) is 36.0. The molecule has 1 aliphatic rings. The summed E-state index contributed by atoms with van der Waals surface area (Å²) >= 11 is 0. The quantitative estimate of drug-likeness (QED) is 0.142. The predicted octanol–water partition coefficient (Wildman–Crippen LogP) is 6.08. The van der Waals surface area contributed by atoms with Gasteiger partial charge in [-0.15, -0.1) is 0 Å². The molecule has 1 aromatic rings. The summed E-state index contributed by atoms with van der Waals surface area (Å²) in [7, 11) is 4.43. The number of hydrogen-bond donors (Lipinski definition) is 1. The van der Waals surface area contributed by atoms with E-state index in [9.17, 15) is 14.4 Å². The third-order valence-electron chi connectivity index (χ3n) is 7.44. The molecule has 0 aliphatic carbocycles. The summed E-state index contributed by atoms with van der Waals surface area (Å²) in [5.41, 5.74) is -0.0656. The molecule has 11 nitrogen and oxygen atoms in total. The van der Waals surface area contributed by atoms with Crippen molar-refractivity contribution in [3.8, 4) is 11.5 Å². The third kappa shape index (κ3) is 11.1. The molecule has 1 saturated heterocycles. The number of carbonyl (C=O) groups is 3. The van der Waals surface area contributed by atoms with Gasteiger partial charge in [-0.1, -0.05) is 33.8 Å². The van der Waals surface area contributed by atoms with E-state index in [2.05, 4.69) is 5.32 Å². The van der Waals surface area contributed by atoms with Gasteiger partial charge in [0.2, 0.25) is 0 Å². The summed E-state index contributed by atoms with van der Waals surface area (Å²) in [6, 6.07) is 4.75. The van der Waals surface area contributed by atoms with Gasteiger partial charge in [0.15, 0.2) is 11.5 Å². The van der Waals surface area contributed by atoms with Crippen LogP contribution in [0.3, 0.4) is 0 Å². The second-order valence-electron chi connectivity index (χ2n) is 12.6. The van der Waals surface area contributed by atoms with E-state index < -0.39 is 36.1 Å². The fourth-order valence-corrected chi connectivity index (χ4v) is 5.15. The zero-order valence-electron chi connectivity index (χ0n) is 27.4. The van der Waals surface area contributed by atoms with Crippen molar-refractivity contribution in [1.29, 1.82) is 0 Å². The summed E-state index contributed by atoms with van der Waals surface area (Å²) in [4.78, 5) is 38.3. The van der Waals surface area contributed by atoms with E-state index in [1.807, 2.05) is 33.8 Å². The minimum Gasteiger partial charge on any atom is -0.493 e. The molecule has 2 rings (SSSR count). The van der Waals surface area contributed by atoms with Crippen LogP contribution in [0.5, 0.6) is 11.5 Å². The Kier molecular flexibility index (Phi) is 13.9. The van der Waals surface area contributed by atoms with Gasteiger partial charge in [0.1, 0.15) is 17.8 Å². The van der Waals surface area contributed by atoms with Crippen LogP contribution in [-0.4, -0.2) is 70.5 Å². The minimum absolute atomic E-state index is 0.0382. The first-order valence-electron chi connectivity index (χ1n) is 14.9. The van der Waals surface area contributed by atoms with E-state index in [0.29, 0.717) is 49.5 Å². The molecule has 1 N–H and O–H groups in total. The zero-order chi connectivity index (χ0) is 32.3. The summed E-state index contributed by atoms with van der Waals surface area (Å²) in [6.45, 7) is 14.2. The monoisotopic (exact) mass is 609 g/mol. The fraction of sp³-hybridized carbons (Fsp3) is 0.719. The Hall–Kier alpha value is -3.21. The van der Waals surface area contributed by atoms with Gasteiger partial charge in [-0.05, 0) is 63.1 Å². The highest BCUT2D eigenvalue weighted by atomic mass is 16.7. The second-order valence-corrected chi connectivity index (χ2v) is 12.6. The van der Waals surface area contributed by atoms with Crippen molar-refractivity contribution in [2.75, 3.05) is 34.5 Å². The summed E-state index contributed by atoms with van der Waals surface area (Å²) in [5.74, 6) is 0.148. The number of alkyl carbamates (subject to hydrolysis) is 1. The van der Waals surface area contributed by atoms with Gasteiger partial charge < -0.3 is 38.5 Å². The molecule has 11 heteroatoms. The second kappa shape index (κ2) is 16.6. The largest absolute Gasteiger partial charge is 0.508 e. The fourth-order valence-electron chi connectivity index (χ4n) is 5.15. The van der Waals surface area contributed by atoms with Crippen LogP contribution in [-0.2, 0) is 28.5 Å². The van der Waals surface area contributed by atoms with Crippen molar-refractivity contribution in [3.05, 3.63) is 23.8 Å². The van der Waals surface area contributed by atoms with Crippen LogP contribution >= 0.6 is 0 Å². The lowest BCUT2D eigenvalue weighted by molar-refractivity contribution is -0.146. The SMILES string of the molecule is COCCCOc1cc(C(OC(=O)OC)[C@@H](C[C@H](NC(=O)OC(C)(C)C)[C@@H]2C[C@@H](C(C)C)C(=O)O2)C(C)C)ccc1OC. The Morgan fingerprint density at radius 2 is 1.74 bits per heavy atom. The van der Waals surface area contributed by atoms with Gasteiger partial charge in [0.05, 0.1) is 32.8 Å². The van der Waals surface area contributed by atoms with Crippen LogP contribution in [0.1, 0.15) is 79.4 Å². The van der Waals surface area contributed by atoms with Crippen LogP contribution in [0, 0.1) is 23.7 Å². The van der Waals surface area contributed by atoms with E-state index in [0.717, 1.165) is 0 Å². The molecule has 1 heterocycles. The molecular formula is C32H51NO10. The van der Waals surface area contributed by atoms with Gasteiger partial charge >= 0.3 is 18.2 Å². The standard InChI is InChI=1S/C32H51NO10/c1-19(2)22(17-24(33-30(35)43-32(5,6)7)26-18-23(20(3)4)29(34)41-26)28(42-31(36)39-10)21-12-13-25(38-9)27(16-21)40-15-11-14-37-8/h12-13,16,19-20,22-24,26,28H,11,14-15,17-18H2,1-10H3,(H,33,35)/t22-,23-,24-,26-,28?/m0/s1. The number of hydrogen-bond acceptors (Lipinski definition) is 10. The van der Waals surface area contributed by atoms with Crippen molar-refractivity contribution in [2.45, 2.75) is 91.6 Å². The minimum atomic E-state index is -0.849. The number of cyclic esters (lactones) is 1. The molecule has 5 atom stereocenters. The average Bonchev–Trinajstić information content (AvgIpc) is 3.32. The number of ether oxygens (including phenoxy) is 7. The van der Waals surface area contributed by atoms with Gasteiger partial charge in [-0.2, -0.15) is 0 Å². The average molecular weight is 610 g/mol. The van der Waals surface area contributed by atoms with Crippen molar-refractivity contribution in [1.82, 2.24) is 5.32 Å². The highest BCUT2D eigenvalue weighted by Gasteiger charge is 2.43. The zero-order valence-corrected chi connectivity index (χ0v) is 27.4. The van der Waals surface area contributed by atoms with Gasteiger partial charge in [0, 0.05) is 26.1 Å². The first-order valence-corrected chi connectivity index (χ1v) is 14.9. The molecule has 0 radical (unpaired) electrons. The van der Waals surface area contributed by atoms with E-state index >= 15 is 0 Å². The van der Waals surface area contributed by atoms with Crippen molar-refractivity contribution in [2.24, 2.45) is 23.7 Å². The first-order chi connectivity index (χ1) is 20.2. The molecule has 0 bridgehead atoms. The van der Waals surface area contributed by atoms with Crippen LogP contribution in [0.25, 0.3) is 0 Å². The molecule has 1 fully saturated rings.